The standard InChI is InChI=1S/C28H32N2O5/c1-4-20-12-14-22(15-13-20)35-17-16-27(31)29-23-18-26(34-6-3)24(19-25(23)33-5-2)30-28(32)21-10-8-7-9-11-21/h7-15,18-19H,4-6,16-17H2,1-3H3,(H,29,31)(H,30,32). The quantitative estimate of drug-likeness (QED) is 0.350. The first-order chi connectivity index (χ1) is 17.0. The van der Waals surface area contributed by atoms with Gasteiger partial charge >= 0.3 is 0 Å². The summed E-state index contributed by atoms with van der Waals surface area (Å²) < 4.78 is 17.2. The summed E-state index contributed by atoms with van der Waals surface area (Å²) in [7, 11) is 0. The number of nitrogens with one attached hydrogen (secondary N) is 2. The van der Waals surface area contributed by atoms with Crippen LogP contribution >= 0.6 is 0 Å². The van der Waals surface area contributed by atoms with Gasteiger partial charge in [0.2, 0.25) is 5.91 Å². The monoisotopic (exact) mass is 476 g/mol. The van der Waals surface area contributed by atoms with E-state index in [2.05, 4.69) is 17.6 Å². The zero-order chi connectivity index (χ0) is 25.0. The van der Waals surface area contributed by atoms with Crippen molar-refractivity contribution in [1.82, 2.24) is 0 Å². The van der Waals surface area contributed by atoms with Gasteiger partial charge in [0, 0.05) is 17.7 Å². The molecule has 35 heavy (non-hydrogen) atoms. The van der Waals surface area contributed by atoms with Gasteiger partial charge in [0.15, 0.2) is 0 Å². The Balaban J connectivity index is 1.70. The van der Waals surface area contributed by atoms with Crippen molar-refractivity contribution < 1.29 is 23.8 Å². The number of hydrogen-bond donors (Lipinski definition) is 2. The third-order valence-electron chi connectivity index (χ3n) is 5.17. The lowest BCUT2D eigenvalue weighted by Crippen LogP contribution is -2.17. The number of carbonyl (C=O) groups excluding carboxylic acids is 2. The van der Waals surface area contributed by atoms with E-state index in [-0.39, 0.29) is 24.8 Å². The lowest BCUT2D eigenvalue weighted by atomic mass is 10.2. The SMILES string of the molecule is CCOc1cc(NC(=O)c2ccccc2)c(OCC)cc1NC(=O)CCOc1ccc(CC)cc1. The molecule has 3 rings (SSSR count). The molecule has 3 aromatic carbocycles. The van der Waals surface area contributed by atoms with Crippen molar-refractivity contribution in [1.29, 1.82) is 0 Å². The second kappa shape index (κ2) is 13.0. The summed E-state index contributed by atoms with van der Waals surface area (Å²) in [6.45, 7) is 6.81. The Hall–Kier alpha value is -4.00. The fourth-order valence-electron chi connectivity index (χ4n) is 3.38. The summed E-state index contributed by atoms with van der Waals surface area (Å²) >= 11 is 0. The summed E-state index contributed by atoms with van der Waals surface area (Å²) in [5.74, 6) is 1.10. The molecule has 7 heteroatoms. The molecule has 0 aliphatic heterocycles. The zero-order valence-corrected chi connectivity index (χ0v) is 20.4. The minimum atomic E-state index is -0.269. The Kier molecular flexibility index (Phi) is 9.54. The van der Waals surface area contributed by atoms with E-state index in [1.165, 1.54) is 5.56 Å². The third kappa shape index (κ3) is 7.50. The Labute approximate surface area is 206 Å². The van der Waals surface area contributed by atoms with Gasteiger partial charge in [0.05, 0.1) is 37.6 Å². The number of carbonyl (C=O) groups is 2. The highest BCUT2D eigenvalue weighted by atomic mass is 16.5. The lowest BCUT2D eigenvalue weighted by Gasteiger charge is -2.18. The van der Waals surface area contributed by atoms with Gasteiger partial charge in [-0.25, -0.2) is 0 Å². The molecule has 0 saturated carbocycles. The Morgan fingerprint density at radius 1 is 0.743 bits per heavy atom. The molecular formula is C28H32N2O5. The maximum absolute atomic E-state index is 12.7. The molecule has 0 aromatic heterocycles. The van der Waals surface area contributed by atoms with E-state index in [1.807, 2.05) is 44.2 Å². The first-order valence-electron chi connectivity index (χ1n) is 11.9. The molecule has 0 atom stereocenters. The Morgan fingerprint density at radius 3 is 1.91 bits per heavy atom. The summed E-state index contributed by atoms with van der Waals surface area (Å²) in [6.07, 6.45) is 1.13. The van der Waals surface area contributed by atoms with Gasteiger partial charge in [0.1, 0.15) is 17.2 Å². The van der Waals surface area contributed by atoms with Gasteiger partial charge in [-0.3, -0.25) is 9.59 Å². The topological polar surface area (TPSA) is 85.9 Å². The first kappa shape index (κ1) is 25.6. The number of amides is 2. The van der Waals surface area contributed by atoms with E-state index in [0.29, 0.717) is 41.7 Å². The molecule has 0 heterocycles. The maximum Gasteiger partial charge on any atom is 0.255 e. The van der Waals surface area contributed by atoms with Crippen molar-refractivity contribution in [3.63, 3.8) is 0 Å². The van der Waals surface area contributed by atoms with Crippen LogP contribution in [0.3, 0.4) is 0 Å². The summed E-state index contributed by atoms with van der Waals surface area (Å²) in [4.78, 5) is 25.3. The molecule has 0 fully saturated rings. The molecule has 0 saturated heterocycles. The molecule has 2 N–H and O–H groups in total. The van der Waals surface area contributed by atoms with Crippen LogP contribution in [0.4, 0.5) is 11.4 Å². The fourth-order valence-corrected chi connectivity index (χ4v) is 3.38. The number of rotatable bonds is 12. The minimum Gasteiger partial charge on any atom is -0.493 e. The van der Waals surface area contributed by atoms with Crippen molar-refractivity contribution in [2.75, 3.05) is 30.5 Å². The number of hydrogen-bond acceptors (Lipinski definition) is 5. The van der Waals surface area contributed by atoms with Gasteiger partial charge in [-0.1, -0.05) is 37.3 Å². The van der Waals surface area contributed by atoms with Crippen LogP contribution in [0.15, 0.2) is 66.7 Å². The van der Waals surface area contributed by atoms with Crippen LogP contribution in [0.2, 0.25) is 0 Å². The average molecular weight is 477 g/mol. The molecule has 2 amide bonds. The molecule has 184 valence electrons. The van der Waals surface area contributed by atoms with E-state index >= 15 is 0 Å². The number of anilines is 2. The summed E-state index contributed by atoms with van der Waals surface area (Å²) in [5.41, 5.74) is 2.67. The highest BCUT2D eigenvalue weighted by Gasteiger charge is 2.17. The molecule has 0 radical (unpaired) electrons. The number of benzene rings is 3. The molecule has 0 unspecified atom stereocenters. The van der Waals surface area contributed by atoms with Crippen LogP contribution in [-0.2, 0) is 11.2 Å². The van der Waals surface area contributed by atoms with Gasteiger partial charge in [-0.2, -0.15) is 0 Å². The number of ether oxygens (including phenoxy) is 3. The van der Waals surface area contributed by atoms with Crippen molar-refractivity contribution in [2.45, 2.75) is 33.6 Å². The van der Waals surface area contributed by atoms with E-state index in [1.54, 1.807) is 36.4 Å². The molecule has 0 aliphatic rings. The van der Waals surface area contributed by atoms with Crippen LogP contribution in [-0.4, -0.2) is 31.6 Å². The van der Waals surface area contributed by atoms with Crippen molar-refractivity contribution in [3.05, 3.63) is 77.9 Å². The number of aryl methyl sites for hydroxylation is 1. The molecule has 7 nitrogen and oxygen atoms in total. The predicted molar refractivity (Wildman–Crippen MR) is 138 cm³/mol. The first-order valence-corrected chi connectivity index (χ1v) is 11.9. The van der Waals surface area contributed by atoms with Gasteiger partial charge in [-0.05, 0) is 50.1 Å². The summed E-state index contributed by atoms with van der Waals surface area (Å²) in [5, 5.41) is 5.75. The van der Waals surface area contributed by atoms with Crippen LogP contribution in [0.5, 0.6) is 17.2 Å². The van der Waals surface area contributed by atoms with Gasteiger partial charge in [0.25, 0.3) is 5.91 Å². The van der Waals surface area contributed by atoms with Crippen LogP contribution in [0.25, 0.3) is 0 Å². The fraction of sp³-hybridized carbons (Fsp3) is 0.286. The van der Waals surface area contributed by atoms with Crippen LogP contribution in [0, 0.1) is 0 Å². The third-order valence-corrected chi connectivity index (χ3v) is 5.17. The van der Waals surface area contributed by atoms with E-state index in [4.69, 9.17) is 14.2 Å². The second-order valence-corrected chi connectivity index (χ2v) is 7.67. The summed E-state index contributed by atoms with van der Waals surface area (Å²) in [6, 6.07) is 20.1. The van der Waals surface area contributed by atoms with Crippen LogP contribution in [0.1, 0.15) is 43.1 Å². The second-order valence-electron chi connectivity index (χ2n) is 7.67. The van der Waals surface area contributed by atoms with Crippen molar-refractivity contribution in [2.24, 2.45) is 0 Å². The van der Waals surface area contributed by atoms with Crippen LogP contribution < -0.4 is 24.8 Å². The Morgan fingerprint density at radius 2 is 1.34 bits per heavy atom. The van der Waals surface area contributed by atoms with E-state index < -0.39 is 0 Å². The normalized spacial score (nSPS) is 10.4. The smallest absolute Gasteiger partial charge is 0.255 e. The zero-order valence-electron chi connectivity index (χ0n) is 20.4. The molecule has 0 aliphatic carbocycles. The molecular weight excluding hydrogens is 444 g/mol. The largest absolute Gasteiger partial charge is 0.493 e. The Bertz CT molecular complexity index is 1110. The maximum atomic E-state index is 12.7. The highest BCUT2D eigenvalue weighted by molar-refractivity contribution is 6.05. The van der Waals surface area contributed by atoms with E-state index in [0.717, 1.165) is 12.2 Å². The molecule has 0 spiro atoms. The average Bonchev–Trinajstić information content (AvgIpc) is 2.87. The lowest BCUT2D eigenvalue weighted by molar-refractivity contribution is -0.116. The van der Waals surface area contributed by atoms with Gasteiger partial charge in [-0.15, -0.1) is 0 Å². The minimum absolute atomic E-state index is 0.164. The predicted octanol–water partition coefficient (Wildman–Crippen LogP) is 5.71. The van der Waals surface area contributed by atoms with E-state index in [9.17, 15) is 9.59 Å². The molecule has 3 aromatic rings. The molecule has 0 bridgehead atoms. The van der Waals surface area contributed by atoms with Crippen molar-refractivity contribution >= 4 is 23.2 Å². The van der Waals surface area contributed by atoms with Gasteiger partial charge < -0.3 is 24.8 Å². The van der Waals surface area contributed by atoms with Crippen molar-refractivity contribution in [3.8, 4) is 17.2 Å². The highest BCUT2D eigenvalue weighted by Crippen LogP contribution is 2.37.